The first-order valence-electron chi connectivity index (χ1n) is 9.36. The average molecular weight is 474 g/mol. The standard InChI is InChI=1S/C20H13F3N6O3S/c1-2-31-18(30)14-16(32-19-29-28-17(33-19)12-6-4-8-24-10-12)25-15(27-26-14)11-5-3-7-13(9-11)20(21,22)23/h3-10H,2H2,1H3. The van der Waals surface area contributed by atoms with Crippen LogP contribution >= 0.6 is 11.3 Å². The molecule has 0 saturated carbocycles. The fourth-order valence-corrected chi connectivity index (χ4v) is 3.29. The van der Waals surface area contributed by atoms with Crippen LogP contribution in [0.25, 0.3) is 22.0 Å². The predicted molar refractivity (Wildman–Crippen MR) is 109 cm³/mol. The molecule has 0 unspecified atom stereocenters. The van der Waals surface area contributed by atoms with Crippen molar-refractivity contribution in [3.8, 4) is 33.0 Å². The Kier molecular flexibility index (Phi) is 6.22. The maximum absolute atomic E-state index is 13.1. The first-order valence-corrected chi connectivity index (χ1v) is 10.2. The number of benzene rings is 1. The number of esters is 1. The monoisotopic (exact) mass is 474 g/mol. The van der Waals surface area contributed by atoms with Gasteiger partial charge in [-0.05, 0) is 31.2 Å². The molecule has 13 heteroatoms. The molecule has 0 amide bonds. The van der Waals surface area contributed by atoms with Crippen LogP contribution in [0.4, 0.5) is 13.2 Å². The number of carbonyl (C=O) groups excluding carboxylic acids is 1. The summed E-state index contributed by atoms with van der Waals surface area (Å²) < 4.78 is 49.8. The van der Waals surface area contributed by atoms with Gasteiger partial charge in [-0.1, -0.05) is 28.6 Å². The Bertz CT molecular complexity index is 1280. The van der Waals surface area contributed by atoms with E-state index in [0.717, 1.165) is 23.5 Å². The van der Waals surface area contributed by atoms with Crippen molar-refractivity contribution in [2.24, 2.45) is 0 Å². The lowest BCUT2D eigenvalue weighted by molar-refractivity contribution is -0.137. The third kappa shape index (κ3) is 5.09. The fourth-order valence-electron chi connectivity index (χ4n) is 2.61. The SMILES string of the molecule is CCOC(=O)c1nnc(-c2cccc(C(F)(F)F)c2)nc1Oc1nnc(-c2cccnc2)s1. The predicted octanol–water partition coefficient (Wildman–Crippen LogP) is 4.44. The van der Waals surface area contributed by atoms with Gasteiger partial charge in [-0.15, -0.1) is 15.3 Å². The van der Waals surface area contributed by atoms with Gasteiger partial charge in [0.25, 0.3) is 5.88 Å². The molecule has 0 aliphatic heterocycles. The third-order valence-corrected chi connectivity index (χ3v) is 4.92. The van der Waals surface area contributed by atoms with Crippen molar-refractivity contribution in [1.29, 1.82) is 0 Å². The van der Waals surface area contributed by atoms with Gasteiger partial charge in [0.2, 0.25) is 5.69 Å². The van der Waals surface area contributed by atoms with E-state index in [4.69, 9.17) is 9.47 Å². The Labute approximate surface area is 188 Å². The first-order chi connectivity index (χ1) is 15.8. The summed E-state index contributed by atoms with van der Waals surface area (Å²) in [5, 5.41) is 16.0. The zero-order chi connectivity index (χ0) is 23.4. The summed E-state index contributed by atoms with van der Waals surface area (Å²) in [6.45, 7) is 1.65. The van der Waals surface area contributed by atoms with Crippen molar-refractivity contribution in [3.63, 3.8) is 0 Å². The second-order valence-electron chi connectivity index (χ2n) is 6.31. The zero-order valence-electron chi connectivity index (χ0n) is 16.8. The first kappa shape index (κ1) is 22.2. The quantitative estimate of drug-likeness (QED) is 0.374. The highest BCUT2D eigenvalue weighted by molar-refractivity contribution is 7.16. The molecule has 4 aromatic rings. The van der Waals surface area contributed by atoms with Crippen LogP contribution in [0.2, 0.25) is 0 Å². The molecule has 9 nitrogen and oxygen atoms in total. The van der Waals surface area contributed by atoms with Crippen LogP contribution in [0.5, 0.6) is 11.1 Å². The van der Waals surface area contributed by atoms with Gasteiger partial charge >= 0.3 is 17.3 Å². The van der Waals surface area contributed by atoms with Crippen LogP contribution in [0.1, 0.15) is 23.0 Å². The smallest absolute Gasteiger partial charge is 0.416 e. The minimum absolute atomic E-state index is 0.0230. The lowest BCUT2D eigenvalue weighted by Crippen LogP contribution is -2.12. The Morgan fingerprint density at radius 1 is 1.06 bits per heavy atom. The Hall–Kier alpha value is -4.00. The number of halogens is 3. The van der Waals surface area contributed by atoms with Crippen LogP contribution in [0.15, 0.2) is 48.8 Å². The van der Waals surface area contributed by atoms with Crippen molar-refractivity contribution in [2.45, 2.75) is 13.1 Å². The third-order valence-electron chi connectivity index (χ3n) is 4.07. The summed E-state index contributed by atoms with van der Waals surface area (Å²) in [4.78, 5) is 20.4. The Morgan fingerprint density at radius 2 is 1.88 bits per heavy atom. The normalized spacial score (nSPS) is 11.3. The highest BCUT2D eigenvalue weighted by Crippen LogP contribution is 2.33. The fraction of sp³-hybridized carbons (Fsp3) is 0.150. The van der Waals surface area contributed by atoms with Gasteiger partial charge in [0, 0.05) is 23.5 Å². The van der Waals surface area contributed by atoms with Crippen LogP contribution in [-0.4, -0.2) is 42.9 Å². The van der Waals surface area contributed by atoms with E-state index in [1.807, 2.05) is 0 Å². The average Bonchev–Trinajstić information content (AvgIpc) is 3.28. The van der Waals surface area contributed by atoms with Gasteiger partial charge in [-0.25, -0.2) is 4.79 Å². The number of carbonyl (C=O) groups is 1. The van der Waals surface area contributed by atoms with E-state index in [2.05, 4.69) is 30.4 Å². The van der Waals surface area contributed by atoms with Crippen LogP contribution in [0, 0.1) is 0 Å². The second-order valence-corrected chi connectivity index (χ2v) is 7.25. The molecule has 0 fully saturated rings. The number of alkyl halides is 3. The maximum atomic E-state index is 13.1. The Balaban J connectivity index is 1.71. The van der Waals surface area contributed by atoms with Crippen molar-refractivity contribution in [2.75, 3.05) is 6.61 Å². The molecule has 3 aromatic heterocycles. The topological polar surface area (TPSA) is 113 Å². The molecule has 0 saturated heterocycles. The highest BCUT2D eigenvalue weighted by atomic mass is 32.1. The summed E-state index contributed by atoms with van der Waals surface area (Å²) in [6, 6.07) is 7.89. The van der Waals surface area contributed by atoms with Crippen molar-refractivity contribution < 1.29 is 27.4 Å². The lowest BCUT2D eigenvalue weighted by Gasteiger charge is -2.10. The van der Waals surface area contributed by atoms with E-state index in [0.29, 0.717) is 10.6 Å². The molecular weight excluding hydrogens is 461 g/mol. The van der Waals surface area contributed by atoms with E-state index in [-0.39, 0.29) is 34.8 Å². The molecule has 33 heavy (non-hydrogen) atoms. The molecule has 0 spiro atoms. The minimum atomic E-state index is -4.55. The van der Waals surface area contributed by atoms with Gasteiger partial charge in [0.1, 0.15) is 0 Å². The largest absolute Gasteiger partial charge is 0.461 e. The molecule has 168 valence electrons. The van der Waals surface area contributed by atoms with E-state index in [1.165, 1.54) is 12.1 Å². The molecule has 0 atom stereocenters. The molecule has 0 aliphatic carbocycles. The number of rotatable bonds is 6. The maximum Gasteiger partial charge on any atom is 0.416 e. The molecule has 3 heterocycles. The second kappa shape index (κ2) is 9.24. The van der Waals surface area contributed by atoms with Crippen LogP contribution < -0.4 is 4.74 Å². The summed E-state index contributed by atoms with van der Waals surface area (Å²) in [7, 11) is 0. The molecule has 1 aromatic carbocycles. The molecule has 4 rings (SSSR count). The number of nitrogens with zero attached hydrogens (tertiary/aromatic N) is 6. The summed E-state index contributed by atoms with van der Waals surface area (Å²) >= 11 is 1.05. The number of hydrogen-bond donors (Lipinski definition) is 0. The van der Waals surface area contributed by atoms with Crippen molar-refractivity contribution >= 4 is 17.3 Å². The van der Waals surface area contributed by atoms with Crippen molar-refractivity contribution in [1.82, 2.24) is 30.4 Å². The number of hydrogen-bond acceptors (Lipinski definition) is 10. The Morgan fingerprint density at radius 3 is 2.61 bits per heavy atom. The van der Waals surface area contributed by atoms with Gasteiger partial charge in [0.05, 0.1) is 12.2 Å². The van der Waals surface area contributed by atoms with E-state index in [1.54, 1.807) is 31.5 Å². The number of aromatic nitrogens is 6. The molecule has 0 aliphatic rings. The molecule has 0 radical (unpaired) electrons. The summed E-state index contributed by atoms with van der Waals surface area (Å²) in [6.07, 6.45) is -1.36. The van der Waals surface area contributed by atoms with Crippen LogP contribution in [0.3, 0.4) is 0 Å². The van der Waals surface area contributed by atoms with Crippen LogP contribution in [-0.2, 0) is 10.9 Å². The zero-order valence-corrected chi connectivity index (χ0v) is 17.6. The molecule has 0 bridgehead atoms. The number of ether oxygens (including phenoxy) is 2. The van der Waals surface area contributed by atoms with Gasteiger partial charge in [0.15, 0.2) is 10.8 Å². The van der Waals surface area contributed by atoms with E-state index >= 15 is 0 Å². The van der Waals surface area contributed by atoms with Gasteiger partial charge < -0.3 is 9.47 Å². The molecule has 0 N–H and O–H groups in total. The minimum Gasteiger partial charge on any atom is -0.461 e. The highest BCUT2D eigenvalue weighted by Gasteiger charge is 2.31. The molecular formula is C20H13F3N6O3S. The van der Waals surface area contributed by atoms with E-state index < -0.39 is 17.7 Å². The van der Waals surface area contributed by atoms with E-state index in [9.17, 15) is 18.0 Å². The number of pyridine rings is 1. The summed E-state index contributed by atoms with van der Waals surface area (Å²) in [5.74, 6) is -1.37. The van der Waals surface area contributed by atoms with Crippen molar-refractivity contribution in [3.05, 3.63) is 60.0 Å². The lowest BCUT2D eigenvalue weighted by atomic mass is 10.1. The van der Waals surface area contributed by atoms with Gasteiger partial charge in [-0.3, -0.25) is 4.98 Å². The van der Waals surface area contributed by atoms with Gasteiger partial charge in [-0.2, -0.15) is 18.2 Å². The summed E-state index contributed by atoms with van der Waals surface area (Å²) in [5.41, 5.74) is -0.511.